The van der Waals surface area contributed by atoms with E-state index in [0.717, 1.165) is 0 Å². The maximum atomic E-state index is 11.3. The number of phenolic OH excluding ortho intramolecular Hbond substituents is 2. The molecule has 0 radical (unpaired) electrons. The molecule has 4 aromatic carbocycles. The van der Waals surface area contributed by atoms with Gasteiger partial charge in [0.25, 0.3) is 0 Å². The van der Waals surface area contributed by atoms with Crippen molar-refractivity contribution in [3.63, 3.8) is 0 Å². The van der Waals surface area contributed by atoms with Gasteiger partial charge in [-0.15, -0.1) is 47.5 Å². The van der Waals surface area contributed by atoms with Crippen molar-refractivity contribution in [2.75, 3.05) is 0 Å². The first-order valence-corrected chi connectivity index (χ1v) is 13.4. The monoisotopic (exact) mass is 692 g/mol. The van der Waals surface area contributed by atoms with Crippen LogP contribution in [-0.2, 0) is 4.47 Å². The summed E-state index contributed by atoms with van der Waals surface area (Å²) in [5.74, 6) is -0.139. The van der Waals surface area contributed by atoms with E-state index in [1.165, 1.54) is 24.3 Å². The molecular weight excluding hydrogens is 674 g/mol. The molecule has 0 aliphatic rings. The van der Waals surface area contributed by atoms with Crippen LogP contribution in [0.1, 0.15) is 11.1 Å². The summed E-state index contributed by atoms with van der Waals surface area (Å²) in [6.07, 6.45) is 5.25. The molecular formula is C26H18N2O6U-4. The molecule has 0 aromatic heterocycles. The molecule has 0 heterocycles. The van der Waals surface area contributed by atoms with Crippen LogP contribution in [0.15, 0.2) is 107 Å². The van der Waals surface area contributed by atoms with E-state index in [0.29, 0.717) is 22.5 Å². The topological polar surface area (TPSA) is 145 Å². The number of phenols is 2. The van der Waals surface area contributed by atoms with Crippen molar-refractivity contribution >= 4 is 23.8 Å². The zero-order chi connectivity index (χ0) is 25.5. The van der Waals surface area contributed by atoms with E-state index >= 15 is 0 Å². The van der Waals surface area contributed by atoms with Crippen LogP contribution in [-0.4, -0.2) is 22.6 Å². The first-order chi connectivity index (χ1) is 17.0. The Morgan fingerprint density at radius 1 is 0.571 bits per heavy atom. The van der Waals surface area contributed by atoms with Gasteiger partial charge in [-0.3, -0.25) is 0 Å². The van der Waals surface area contributed by atoms with Crippen molar-refractivity contribution in [2.45, 2.75) is 0 Å². The summed E-state index contributed by atoms with van der Waals surface area (Å²) in [6.45, 7) is 0. The third-order valence-corrected chi connectivity index (χ3v) is 4.13. The van der Waals surface area contributed by atoms with Gasteiger partial charge < -0.3 is 30.4 Å². The van der Waals surface area contributed by atoms with Crippen LogP contribution < -0.4 is 10.2 Å². The fourth-order valence-electron chi connectivity index (χ4n) is 2.48. The summed E-state index contributed by atoms with van der Waals surface area (Å²) in [6, 6.07) is 26.2. The number of nitrogens with zero attached hydrogens (tertiary/aromatic N) is 2. The van der Waals surface area contributed by atoms with Gasteiger partial charge in [-0.1, -0.05) is 48.5 Å². The Morgan fingerprint density at radius 3 is 1.23 bits per heavy atom. The molecule has 0 aliphatic carbocycles. The van der Waals surface area contributed by atoms with Crippen LogP contribution in [0.25, 0.3) is 0 Å². The Bertz CT molecular complexity index is 1140. The van der Waals surface area contributed by atoms with Gasteiger partial charge in [-0.05, 0) is 24.6 Å². The summed E-state index contributed by atoms with van der Waals surface area (Å²) in [4.78, 5) is 7.87. The van der Waals surface area contributed by atoms with Crippen LogP contribution in [0.4, 0.5) is 11.4 Å². The first-order valence-electron chi connectivity index (χ1n) is 9.97. The van der Waals surface area contributed by atoms with E-state index in [9.17, 15) is 20.4 Å². The molecule has 0 saturated heterocycles. The number of aromatic hydroxyl groups is 2. The first kappa shape index (κ1) is 27.3. The Labute approximate surface area is 216 Å². The predicted octanol–water partition coefficient (Wildman–Crippen LogP) is 3.95. The molecule has 0 amide bonds. The molecule has 4 aromatic rings. The molecule has 35 heavy (non-hydrogen) atoms. The van der Waals surface area contributed by atoms with E-state index in [4.69, 9.17) is 4.47 Å². The minimum absolute atomic E-state index is 0.0679. The fourth-order valence-corrected chi connectivity index (χ4v) is 2.48. The Balaban J connectivity index is 0.000000222. The van der Waals surface area contributed by atoms with Crippen LogP contribution in [0.2, 0.25) is 0 Å². The molecule has 0 atom stereocenters. The molecule has 0 saturated carbocycles. The third kappa shape index (κ3) is 9.45. The molecule has 0 fully saturated rings. The van der Waals surface area contributed by atoms with Gasteiger partial charge in [0.1, 0.15) is 0 Å². The van der Waals surface area contributed by atoms with Gasteiger partial charge in [0, 0.05) is 11.4 Å². The van der Waals surface area contributed by atoms with Crippen LogP contribution >= 0.6 is 0 Å². The van der Waals surface area contributed by atoms with Crippen LogP contribution in [0.3, 0.4) is 0 Å². The number of aliphatic imine (C=N–C) groups is 2. The summed E-state index contributed by atoms with van der Waals surface area (Å²) < 4.78 is 17.2. The second-order valence-electron chi connectivity index (χ2n) is 6.50. The van der Waals surface area contributed by atoms with Crippen molar-refractivity contribution in [1.29, 1.82) is 0 Å². The maximum absolute atomic E-state index is 11.3. The predicted molar refractivity (Wildman–Crippen MR) is 122 cm³/mol. The fraction of sp³-hybridized carbons (Fsp3) is 0. The van der Waals surface area contributed by atoms with Gasteiger partial charge in [0.05, 0.1) is 11.5 Å². The van der Waals surface area contributed by atoms with Crippen molar-refractivity contribution in [2.24, 2.45) is 9.98 Å². The van der Waals surface area contributed by atoms with Crippen molar-refractivity contribution in [1.82, 2.24) is 0 Å². The van der Waals surface area contributed by atoms with Crippen molar-refractivity contribution < 1.29 is 52.7 Å². The average molecular weight is 692 g/mol. The van der Waals surface area contributed by atoms with Crippen LogP contribution in [0, 0.1) is 27.8 Å². The Kier molecular flexibility index (Phi) is 11.8. The second-order valence-corrected chi connectivity index (χ2v) is 7.19. The molecule has 0 unspecified atom stereocenters. The summed E-state index contributed by atoms with van der Waals surface area (Å²) in [5, 5.41) is 41.6. The Morgan fingerprint density at radius 2 is 0.886 bits per heavy atom. The van der Waals surface area contributed by atoms with E-state index in [1.54, 1.807) is 72.8 Å². The van der Waals surface area contributed by atoms with Crippen LogP contribution in [0.5, 0.6) is 23.0 Å². The summed E-state index contributed by atoms with van der Waals surface area (Å²) in [5.41, 5.74) is 1.55. The number of hydrogen-bond donors (Lipinski definition) is 2. The quantitative estimate of drug-likeness (QED) is 0.245. The number of para-hydroxylation sites is 6. The van der Waals surface area contributed by atoms with Crippen molar-refractivity contribution in [3.8, 4) is 23.0 Å². The van der Waals surface area contributed by atoms with Crippen molar-refractivity contribution in [3.05, 3.63) is 108 Å². The number of rotatable bonds is 4. The summed E-state index contributed by atoms with van der Waals surface area (Å²) in [7, 11) is 0. The molecule has 2 N–H and O–H groups in total. The van der Waals surface area contributed by atoms with E-state index in [1.807, 2.05) is 0 Å². The standard InChI is InChI=1S/2C13H10NO2.2O.U/c2*15-12-7-3-1-5-10(12)9-14-11-6-2-4-8-13(11)16;;;/h2*1-8,15-16H;;;/q2*-1;;;/p-2. The van der Waals surface area contributed by atoms with Gasteiger partial charge in [-0.2, -0.15) is 11.5 Å². The van der Waals surface area contributed by atoms with E-state index in [2.05, 4.69) is 22.4 Å². The zero-order valence-corrected chi connectivity index (χ0v) is 22.3. The molecule has 4 rings (SSSR count). The van der Waals surface area contributed by atoms with Gasteiger partial charge >= 0.3 is 32.3 Å². The molecule has 9 heteroatoms. The minimum atomic E-state index is -2.51. The van der Waals surface area contributed by atoms with E-state index < -0.39 is 27.8 Å². The molecule has 0 aliphatic heterocycles. The third-order valence-electron chi connectivity index (χ3n) is 4.13. The zero-order valence-electron chi connectivity index (χ0n) is 18.2. The number of hydrogen-bond acceptors (Lipinski definition) is 8. The van der Waals surface area contributed by atoms with Gasteiger partial charge in [0.15, 0.2) is 0 Å². The van der Waals surface area contributed by atoms with Gasteiger partial charge in [0.2, 0.25) is 0 Å². The van der Waals surface area contributed by atoms with E-state index in [-0.39, 0.29) is 23.0 Å². The SMILES string of the molecule is [O-]c1ccccc1[C-]=Nc1ccccc1O.[O-]c1ccccc1[C-]=Nc1ccccc1O.[O]=[U]=[O]. The second kappa shape index (κ2) is 15.1. The van der Waals surface area contributed by atoms with Gasteiger partial charge in [-0.25, -0.2) is 0 Å². The molecule has 0 spiro atoms. The normalized spacial score (nSPS) is 10.1. The summed E-state index contributed by atoms with van der Waals surface area (Å²) >= 11 is -2.51. The average Bonchev–Trinajstić information content (AvgIpc) is 2.86. The molecule has 0 bridgehead atoms. The molecule has 176 valence electrons. The molecule has 8 nitrogen and oxygen atoms in total. The Hall–Kier alpha value is -3.93. The number of benzene rings is 4.